The number of pyridine rings is 2. The number of rotatable bonds is 6. The van der Waals surface area contributed by atoms with Gasteiger partial charge in [0, 0.05) is 23.8 Å². The van der Waals surface area contributed by atoms with Gasteiger partial charge in [-0.3, -0.25) is 9.78 Å². The van der Waals surface area contributed by atoms with Crippen LogP contribution in [0.25, 0.3) is 11.1 Å². The molecule has 2 heterocycles. The molecule has 0 aliphatic heterocycles. The summed E-state index contributed by atoms with van der Waals surface area (Å²) in [6.07, 6.45) is 6.97. The Bertz CT molecular complexity index is 1210. The van der Waals surface area contributed by atoms with Crippen molar-refractivity contribution in [3.05, 3.63) is 65.7 Å². The molecule has 1 amide bonds. The van der Waals surface area contributed by atoms with Crippen LogP contribution < -0.4 is 22.1 Å². The molecular formula is C24H24FN7O. The third kappa shape index (κ3) is 5.07. The first-order chi connectivity index (χ1) is 15.9. The van der Waals surface area contributed by atoms with Crippen molar-refractivity contribution in [1.29, 1.82) is 5.26 Å². The molecule has 1 aliphatic carbocycles. The van der Waals surface area contributed by atoms with Crippen molar-refractivity contribution in [2.45, 2.75) is 37.8 Å². The molecule has 4 rings (SSSR count). The van der Waals surface area contributed by atoms with Crippen LogP contribution >= 0.6 is 0 Å². The average Bonchev–Trinajstić information content (AvgIpc) is 2.82. The number of aromatic nitrogens is 2. The van der Waals surface area contributed by atoms with E-state index in [-0.39, 0.29) is 29.3 Å². The minimum atomic E-state index is -0.805. The van der Waals surface area contributed by atoms with E-state index in [1.807, 2.05) is 18.2 Å². The molecule has 33 heavy (non-hydrogen) atoms. The summed E-state index contributed by atoms with van der Waals surface area (Å²) in [4.78, 5) is 20.5. The highest BCUT2D eigenvalue weighted by molar-refractivity contribution is 5.98. The molecule has 1 fully saturated rings. The maximum Gasteiger partial charge on any atom is 0.252 e. The van der Waals surface area contributed by atoms with Crippen molar-refractivity contribution in [1.82, 2.24) is 9.97 Å². The van der Waals surface area contributed by atoms with E-state index in [0.717, 1.165) is 42.9 Å². The van der Waals surface area contributed by atoms with E-state index in [1.165, 1.54) is 0 Å². The van der Waals surface area contributed by atoms with E-state index in [1.54, 1.807) is 24.5 Å². The quantitative estimate of drug-likeness (QED) is 0.453. The molecule has 1 unspecified atom stereocenters. The number of halogens is 1. The van der Waals surface area contributed by atoms with Gasteiger partial charge in [-0.1, -0.05) is 25.0 Å². The summed E-state index contributed by atoms with van der Waals surface area (Å²) < 4.78 is 14.7. The average molecular weight is 446 g/mol. The number of carbonyl (C=O) groups is 1. The number of hydrogen-bond acceptors (Lipinski definition) is 7. The Hall–Kier alpha value is -4.03. The monoisotopic (exact) mass is 445 g/mol. The maximum atomic E-state index is 14.7. The predicted octanol–water partition coefficient (Wildman–Crippen LogP) is 3.68. The molecule has 168 valence electrons. The zero-order valence-corrected chi connectivity index (χ0v) is 17.9. The number of primary amides is 1. The summed E-state index contributed by atoms with van der Waals surface area (Å²) in [5.41, 5.74) is 14.3. The second-order valence-electron chi connectivity index (χ2n) is 8.05. The van der Waals surface area contributed by atoms with Crippen LogP contribution in [0.5, 0.6) is 0 Å². The maximum absolute atomic E-state index is 14.7. The van der Waals surface area contributed by atoms with E-state index in [0.29, 0.717) is 11.3 Å². The minimum Gasteiger partial charge on any atom is -0.365 e. The summed E-state index contributed by atoms with van der Waals surface area (Å²) in [6.45, 7) is 0. The first-order valence-corrected chi connectivity index (χ1v) is 10.7. The molecule has 0 spiro atoms. The fourth-order valence-electron chi connectivity index (χ4n) is 3.93. The van der Waals surface area contributed by atoms with Crippen LogP contribution in [0, 0.1) is 17.1 Å². The highest BCUT2D eigenvalue weighted by Crippen LogP contribution is 2.28. The van der Waals surface area contributed by atoms with Gasteiger partial charge in [-0.2, -0.15) is 5.26 Å². The smallest absolute Gasteiger partial charge is 0.252 e. The molecule has 2 aromatic heterocycles. The number of nitrogens with two attached hydrogens (primary N) is 2. The van der Waals surface area contributed by atoms with Crippen molar-refractivity contribution in [3.8, 4) is 17.2 Å². The van der Waals surface area contributed by atoms with Gasteiger partial charge in [0.2, 0.25) is 0 Å². The largest absolute Gasteiger partial charge is 0.365 e. The molecule has 6 N–H and O–H groups in total. The molecular weight excluding hydrogens is 421 g/mol. The molecule has 0 bridgehead atoms. The Labute approximate surface area is 190 Å². The lowest BCUT2D eigenvalue weighted by molar-refractivity contribution is 0.100. The fourth-order valence-corrected chi connectivity index (χ4v) is 3.93. The number of hydrogen-bond donors (Lipinski definition) is 4. The number of amides is 1. The number of anilines is 3. The van der Waals surface area contributed by atoms with Crippen LogP contribution in [0.2, 0.25) is 0 Å². The van der Waals surface area contributed by atoms with E-state index in [4.69, 9.17) is 16.7 Å². The van der Waals surface area contributed by atoms with Crippen molar-refractivity contribution in [2.24, 2.45) is 11.5 Å². The van der Waals surface area contributed by atoms with Gasteiger partial charge in [-0.25, -0.2) is 9.37 Å². The third-order valence-electron chi connectivity index (χ3n) is 5.73. The zero-order chi connectivity index (χ0) is 23.4. The topological polar surface area (TPSA) is 143 Å². The van der Waals surface area contributed by atoms with E-state index in [2.05, 4.69) is 26.7 Å². The van der Waals surface area contributed by atoms with Crippen LogP contribution in [0.15, 0.2) is 48.8 Å². The lowest BCUT2D eigenvalue weighted by Gasteiger charge is -2.30. The van der Waals surface area contributed by atoms with Crippen LogP contribution in [0.3, 0.4) is 0 Å². The summed E-state index contributed by atoms with van der Waals surface area (Å²) in [5.74, 6) is -1.34. The van der Waals surface area contributed by atoms with Gasteiger partial charge in [0.05, 0.1) is 29.1 Å². The third-order valence-corrected chi connectivity index (χ3v) is 5.73. The second kappa shape index (κ2) is 9.63. The second-order valence-corrected chi connectivity index (χ2v) is 8.05. The van der Waals surface area contributed by atoms with Crippen LogP contribution in [-0.4, -0.2) is 28.0 Å². The van der Waals surface area contributed by atoms with Gasteiger partial charge >= 0.3 is 0 Å². The number of nitrogens with zero attached hydrogens (tertiary/aromatic N) is 3. The molecule has 2 atom stereocenters. The summed E-state index contributed by atoms with van der Waals surface area (Å²) in [7, 11) is 0. The Balaban J connectivity index is 1.63. The first-order valence-electron chi connectivity index (χ1n) is 10.7. The molecule has 0 saturated heterocycles. The van der Waals surface area contributed by atoms with E-state index in [9.17, 15) is 9.18 Å². The molecule has 1 aliphatic rings. The molecule has 9 heteroatoms. The minimum absolute atomic E-state index is 0.0149. The predicted molar refractivity (Wildman–Crippen MR) is 124 cm³/mol. The van der Waals surface area contributed by atoms with Crippen molar-refractivity contribution in [2.75, 3.05) is 10.6 Å². The van der Waals surface area contributed by atoms with E-state index >= 15 is 0 Å². The van der Waals surface area contributed by atoms with Crippen LogP contribution in [0.1, 0.15) is 41.6 Å². The molecule has 8 nitrogen and oxygen atoms in total. The van der Waals surface area contributed by atoms with E-state index < -0.39 is 11.7 Å². The lowest BCUT2D eigenvalue weighted by Crippen LogP contribution is -2.43. The summed E-state index contributed by atoms with van der Waals surface area (Å²) in [6, 6.07) is 11.8. The first kappa shape index (κ1) is 22.2. The Morgan fingerprint density at radius 2 is 1.85 bits per heavy atom. The highest BCUT2D eigenvalue weighted by atomic mass is 19.1. The van der Waals surface area contributed by atoms with Crippen molar-refractivity contribution < 1.29 is 9.18 Å². The number of benzene rings is 1. The highest BCUT2D eigenvalue weighted by Gasteiger charge is 2.24. The van der Waals surface area contributed by atoms with Crippen LogP contribution in [0.4, 0.5) is 21.7 Å². The summed E-state index contributed by atoms with van der Waals surface area (Å²) >= 11 is 0. The lowest BCUT2D eigenvalue weighted by atomic mass is 9.91. The zero-order valence-electron chi connectivity index (χ0n) is 17.9. The van der Waals surface area contributed by atoms with Gasteiger partial charge in [0.1, 0.15) is 5.82 Å². The normalized spacial score (nSPS) is 17.7. The Morgan fingerprint density at radius 1 is 1.09 bits per heavy atom. The van der Waals surface area contributed by atoms with Gasteiger partial charge in [0.25, 0.3) is 5.91 Å². The Morgan fingerprint density at radius 3 is 2.55 bits per heavy atom. The van der Waals surface area contributed by atoms with Gasteiger partial charge in [0.15, 0.2) is 11.6 Å². The van der Waals surface area contributed by atoms with Gasteiger partial charge in [-0.05, 0) is 42.7 Å². The van der Waals surface area contributed by atoms with Crippen molar-refractivity contribution in [3.63, 3.8) is 0 Å². The standard InChI is InChI=1S/C24H24FN7O/c25-19-10-18(22(28)33)23(32-24(19)31-21-4-2-1-3-20(21)27)30-17-9-16(12-29-13-17)15-7-5-14(11-26)6-8-15/h5-10,12-13,20-21H,1-4,27H2,(H2,28,33)(H2,30,31,32)/t20-,21?/m0/s1. The number of carbonyl (C=O) groups excluding carboxylic acids is 1. The van der Waals surface area contributed by atoms with Crippen LogP contribution in [-0.2, 0) is 0 Å². The number of nitrogens with one attached hydrogen (secondary N) is 2. The number of nitriles is 1. The molecule has 1 aromatic carbocycles. The fraction of sp³-hybridized carbons (Fsp3) is 0.250. The Kier molecular flexibility index (Phi) is 6.47. The summed E-state index contributed by atoms with van der Waals surface area (Å²) in [5, 5.41) is 15.1. The van der Waals surface area contributed by atoms with Gasteiger partial charge in [-0.15, -0.1) is 0 Å². The molecule has 0 radical (unpaired) electrons. The van der Waals surface area contributed by atoms with Gasteiger partial charge < -0.3 is 22.1 Å². The van der Waals surface area contributed by atoms with Crippen molar-refractivity contribution >= 4 is 23.2 Å². The molecule has 3 aromatic rings. The molecule has 1 saturated carbocycles. The SMILES string of the molecule is N#Cc1ccc(-c2cncc(Nc3nc(NC4CCCC[C@@H]4N)c(F)cc3C(N)=O)c2)cc1.